The monoisotopic (exact) mass is 272 g/mol. The Morgan fingerprint density at radius 2 is 2.10 bits per heavy atom. The van der Waals surface area contributed by atoms with Crippen molar-refractivity contribution >= 4 is 22.6 Å². The number of carbonyl (C=O) groups excluding carboxylic acids is 1. The molecule has 2 rings (SSSR count). The van der Waals surface area contributed by atoms with Crippen molar-refractivity contribution in [3.8, 4) is 0 Å². The van der Waals surface area contributed by atoms with Gasteiger partial charge in [-0.2, -0.15) is 0 Å². The highest BCUT2D eigenvalue weighted by atomic mass is 16.2. The number of nitrogens with one attached hydrogen (secondary N) is 1. The minimum absolute atomic E-state index is 0.0196. The molecule has 0 bridgehead atoms. The Labute approximate surface area is 118 Å². The van der Waals surface area contributed by atoms with Gasteiger partial charge in [0.15, 0.2) is 0 Å². The van der Waals surface area contributed by atoms with E-state index in [0.29, 0.717) is 23.8 Å². The number of para-hydroxylation sites is 1. The maximum Gasteiger partial charge on any atom is 0.254 e. The van der Waals surface area contributed by atoms with Crippen molar-refractivity contribution in [2.24, 2.45) is 11.8 Å². The third kappa shape index (κ3) is 2.88. The molecular formula is C15H20N4O. The Hall–Kier alpha value is -2.14. The van der Waals surface area contributed by atoms with Crippen LogP contribution in [0.15, 0.2) is 30.3 Å². The van der Waals surface area contributed by atoms with Crippen molar-refractivity contribution in [2.45, 2.75) is 13.8 Å². The Morgan fingerprint density at radius 1 is 1.40 bits per heavy atom. The van der Waals surface area contributed by atoms with Crippen LogP contribution in [0.3, 0.4) is 0 Å². The van der Waals surface area contributed by atoms with Crippen molar-refractivity contribution in [3.05, 3.63) is 35.9 Å². The second-order valence-corrected chi connectivity index (χ2v) is 5.30. The van der Waals surface area contributed by atoms with E-state index < -0.39 is 0 Å². The first-order valence-corrected chi connectivity index (χ1v) is 6.64. The number of hydrazine groups is 1. The number of nitrogens with zero attached hydrogens (tertiary/aromatic N) is 2. The van der Waals surface area contributed by atoms with Crippen LogP contribution >= 0.6 is 0 Å². The van der Waals surface area contributed by atoms with Crippen LogP contribution in [-0.4, -0.2) is 29.4 Å². The standard InChI is InChI=1S/C15H20N4O/c1-10(2)9-19(3)15(20)12-8-14(18-16)17-13-7-5-4-6-11(12)13/h4-8,10H,9,16H2,1-3H3,(H,17,18). The van der Waals surface area contributed by atoms with Gasteiger partial charge in [0.1, 0.15) is 5.82 Å². The molecular weight excluding hydrogens is 252 g/mol. The van der Waals surface area contributed by atoms with Crippen LogP contribution in [0.25, 0.3) is 10.9 Å². The molecule has 0 radical (unpaired) electrons. The molecule has 5 heteroatoms. The fourth-order valence-electron chi connectivity index (χ4n) is 2.26. The first-order chi connectivity index (χ1) is 9.52. The average Bonchev–Trinajstić information content (AvgIpc) is 2.44. The van der Waals surface area contributed by atoms with Gasteiger partial charge in [-0.3, -0.25) is 4.79 Å². The second kappa shape index (κ2) is 5.88. The van der Waals surface area contributed by atoms with Crippen LogP contribution in [0.4, 0.5) is 5.82 Å². The highest BCUT2D eigenvalue weighted by molar-refractivity contribution is 6.06. The summed E-state index contributed by atoms with van der Waals surface area (Å²) < 4.78 is 0. The lowest BCUT2D eigenvalue weighted by Gasteiger charge is -2.20. The van der Waals surface area contributed by atoms with E-state index in [1.165, 1.54) is 0 Å². The lowest BCUT2D eigenvalue weighted by atomic mass is 10.1. The van der Waals surface area contributed by atoms with Gasteiger partial charge < -0.3 is 10.3 Å². The molecule has 0 spiro atoms. The number of hydrogen-bond donors (Lipinski definition) is 2. The Morgan fingerprint density at radius 3 is 2.75 bits per heavy atom. The second-order valence-electron chi connectivity index (χ2n) is 5.30. The summed E-state index contributed by atoms with van der Waals surface area (Å²) >= 11 is 0. The molecule has 3 N–H and O–H groups in total. The molecule has 0 fully saturated rings. The zero-order chi connectivity index (χ0) is 14.7. The third-order valence-electron chi connectivity index (χ3n) is 3.08. The number of nitrogen functional groups attached to an aromatic ring is 1. The smallest absolute Gasteiger partial charge is 0.254 e. The summed E-state index contributed by atoms with van der Waals surface area (Å²) in [6.45, 7) is 4.88. The van der Waals surface area contributed by atoms with E-state index in [-0.39, 0.29) is 5.91 Å². The van der Waals surface area contributed by atoms with E-state index in [1.807, 2.05) is 31.3 Å². The largest absolute Gasteiger partial charge is 0.341 e. The predicted molar refractivity (Wildman–Crippen MR) is 81.4 cm³/mol. The van der Waals surface area contributed by atoms with Crippen molar-refractivity contribution in [1.29, 1.82) is 0 Å². The molecule has 1 heterocycles. The zero-order valence-corrected chi connectivity index (χ0v) is 12.1. The molecule has 0 atom stereocenters. The van der Waals surface area contributed by atoms with E-state index in [0.717, 1.165) is 10.9 Å². The highest BCUT2D eigenvalue weighted by Gasteiger charge is 2.17. The lowest BCUT2D eigenvalue weighted by Crippen LogP contribution is -2.30. The Kier molecular flexibility index (Phi) is 4.20. The van der Waals surface area contributed by atoms with Gasteiger partial charge in [0.2, 0.25) is 0 Å². The van der Waals surface area contributed by atoms with Crippen LogP contribution < -0.4 is 11.3 Å². The number of pyridine rings is 1. The molecule has 0 aliphatic heterocycles. The molecule has 2 aromatic rings. The molecule has 1 aromatic heterocycles. The maximum absolute atomic E-state index is 12.6. The number of carbonyl (C=O) groups is 1. The van der Waals surface area contributed by atoms with Gasteiger partial charge in [-0.25, -0.2) is 10.8 Å². The molecule has 20 heavy (non-hydrogen) atoms. The molecule has 0 aliphatic carbocycles. The summed E-state index contributed by atoms with van der Waals surface area (Å²) in [4.78, 5) is 18.7. The summed E-state index contributed by atoms with van der Waals surface area (Å²) in [6, 6.07) is 9.26. The number of rotatable bonds is 4. The van der Waals surface area contributed by atoms with Crippen molar-refractivity contribution in [1.82, 2.24) is 9.88 Å². The molecule has 0 unspecified atom stereocenters. The number of amides is 1. The van der Waals surface area contributed by atoms with Crippen LogP contribution in [0.1, 0.15) is 24.2 Å². The quantitative estimate of drug-likeness (QED) is 0.661. The molecule has 0 saturated heterocycles. The minimum atomic E-state index is -0.0196. The molecule has 5 nitrogen and oxygen atoms in total. The number of anilines is 1. The fourth-order valence-corrected chi connectivity index (χ4v) is 2.26. The SMILES string of the molecule is CC(C)CN(C)C(=O)c1cc(NN)nc2ccccc12. The number of fused-ring (bicyclic) bond motifs is 1. The molecule has 0 aliphatic rings. The number of aromatic nitrogens is 1. The Balaban J connectivity index is 2.49. The zero-order valence-electron chi connectivity index (χ0n) is 12.1. The predicted octanol–water partition coefficient (Wildman–Crippen LogP) is 2.25. The number of benzene rings is 1. The fraction of sp³-hybridized carbons (Fsp3) is 0.333. The van der Waals surface area contributed by atoms with Crippen molar-refractivity contribution < 1.29 is 4.79 Å². The minimum Gasteiger partial charge on any atom is -0.341 e. The first kappa shape index (κ1) is 14.3. The maximum atomic E-state index is 12.6. The number of hydrogen-bond acceptors (Lipinski definition) is 4. The van der Waals surface area contributed by atoms with E-state index in [4.69, 9.17) is 5.84 Å². The van der Waals surface area contributed by atoms with Gasteiger partial charge in [-0.05, 0) is 18.1 Å². The lowest BCUT2D eigenvalue weighted by molar-refractivity contribution is 0.0781. The molecule has 1 amide bonds. The Bertz CT molecular complexity index is 624. The molecule has 1 aromatic carbocycles. The third-order valence-corrected chi connectivity index (χ3v) is 3.08. The summed E-state index contributed by atoms with van der Waals surface area (Å²) in [6.07, 6.45) is 0. The van der Waals surface area contributed by atoms with Crippen LogP contribution in [0.5, 0.6) is 0 Å². The average molecular weight is 272 g/mol. The van der Waals surface area contributed by atoms with E-state index in [9.17, 15) is 4.79 Å². The molecule has 0 saturated carbocycles. The normalized spacial score (nSPS) is 10.8. The summed E-state index contributed by atoms with van der Waals surface area (Å²) in [7, 11) is 1.81. The van der Waals surface area contributed by atoms with Gasteiger partial charge >= 0.3 is 0 Å². The van der Waals surface area contributed by atoms with E-state index in [2.05, 4.69) is 24.3 Å². The molecule has 106 valence electrons. The summed E-state index contributed by atoms with van der Waals surface area (Å²) in [5, 5.41) is 0.840. The van der Waals surface area contributed by atoms with Gasteiger partial charge in [-0.15, -0.1) is 0 Å². The topological polar surface area (TPSA) is 71.2 Å². The van der Waals surface area contributed by atoms with Crippen molar-refractivity contribution in [3.63, 3.8) is 0 Å². The van der Waals surface area contributed by atoms with Gasteiger partial charge in [0.25, 0.3) is 5.91 Å². The van der Waals surface area contributed by atoms with Crippen LogP contribution in [0, 0.1) is 5.92 Å². The van der Waals surface area contributed by atoms with E-state index in [1.54, 1.807) is 11.0 Å². The highest BCUT2D eigenvalue weighted by Crippen LogP contribution is 2.21. The van der Waals surface area contributed by atoms with Crippen LogP contribution in [-0.2, 0) is 0 Å². The first-order valence-electron chi connectivity index (χ1n) is 6.64. The van der Waals surface area contributed by atoms with Gasteiger partial charge in [-0.1, -0.05) is 32.0 Å². The number of nitrogens with two attached hydrogens (primary N) is 1. The van der Waals surface area contributed by atoms with Crippen LogP contribution in [0.2, 0.25) is 0 Å². The van der Waals surface area contributed by atoms with E-state index >= 15 is 0 Å². The van der Waals surface area contributed by atoms with Gasteiger partial charge in [0, 0.05) is 19.0 Å². The summed E-state index contributed by atoms with van der Waals surface area (Å²) in [5.41, 5.74) is 3.88. The summed E-state index contributed by atoms with van der Waals surface area (Å²) in [5.74, 6) is 6.32. The van der Waals surface area contributed by atoms with Gasteiger partial charge in [0.05, 0.1) is 11.1 Å². The van der Waals surface area contributed by atoms with Crippen molar-refractivity contribution in [2.75, 3.05) is 19.0 Å².